The first-order chi connectivity index (χ1) is 28.2. The Morgan fingerprint density at radius 1 is 0.458 bits per heavy atom. The number of carbonyl (C=O) groups is 7. The molecule has 0 saturated carbocycles. The molecular formula is C41H42O18. The monoisotopic (exact) mass is 822 g/mol. The molecule has 18 nitrogen and oxygen atoms in total. The van der Waals surface area contributed by atoms with Crippen LogP contribution < -0.4 is 0 Å². The fraction of sp³-hybridized carbons (Fsp3) is 0.390. The maximum atomic E-state index is 13.8. The minimum atomic E-state index is -2.05. The van der Waals surface area contributed by atoms with Gasteiger partial charge in [-0.15, -0.1) is 0 Å². The summed E-state index contributed by atoms with van der Waals surface area (Å²) in [7, 11) is 0. The highest BCUT2D eigenvalue weighted by Crippen LogP contribution is 2.35. The molecule has 0 aliphatic carbocycles. The smallest absolute Gasteiger partial charge is 0.338 e. The number of aliphatic hydroxyl groups excluding tert-OH is 1. The van der Waals surface area contributed by atoms with E-state index in [0.29, 0.717) is 0 Å². The van der Waals surface area contributed by atoms with E-state index in [1.807, 2.05) is 0 Å². The molecule has 2 heterocycles. The molecule has 2 saturated heterocycles. The molecule has 0 amide bonds. The molecule has 18 heteroatoms. The van der Waals surface area contributed by atoms with Gasteiger partial charge in [0.1, 0.15) is 31.5 Å². The molecule has 0 radical (unpaired) electrons. The Bertz CT molecular complexity index is 1940. The lowest BCUT2D eigenvalue weighted by Crippen LogP contribution is -2.67. The minimum absolute atomic E-state index is 0.0275. The molecule has 2 aliphatic rings. The Labute approximate surface area is 337 Å². The zero-order valence-corrected chi connectivity index (χ0v) is 32.2. The maximum Gasteiger partial charge on any atom is 0.338 e. The van der Waals surface area contributed by atoms with Gasteiger partial charge in [-0.05, 0) is 36.4 Å². The summed E-state index contributed by atoms with van der Waals surface area (Å²) in [6, 6.07) is 23.1. The van der Waals surface area contributed by atoms with Crippen molar-refractivity contribution in [2.75, 3.05) is 13.2 Å². The quantitative estimate of drug-likeness (QED) is 0.182. The Hall–Kier alpha value is -6.21. The van der Waals surface area contributed by atoms with Crippen molar-refractivity contribution in [3.8, 4) is 0 Å². The average Bonchev–Trinajstić information content (AvgIpc) is 3.21. The summed E-state index contributed by atoms with van der Waals surface area (Å²) in [6.45, 7) is 2.88. The van der Waals surface area contributed by atoms with Crippen molar-refractivity contribution < 1.29 is 86.0 Å². The zero-order chi connectivity index (χ0) is 42.6. The van der Waals surface area contributed by atoms with E-state index in [-0.39, 0.29) is 16.7 Å². The topological polar surface area (TPSA) is 232 Å². The van der Waals surface area contributed by atoms with E-state index >= 15 is 0 Å². The molecule has 0 aromatic heterocycles. The Morgan fingerprint density at radius 3 is 1.36 bits per heavy atom. The van der Waals surface area contributed by atoms with Crippen molar-refractivity contribution >= 4 is 41.8 Å². The predicted octanol–water partition coefficient (Wildman–Crippen LogP) is 2.48. The molecule has 2 aliphatic heterocycles. The summed E-state index contributed by atoms with van der Waals surface area (Å²) in [6.07, 6.45) is -17.4. The molecule has 0 unspecified atom stereocenters. The largest absolute Gasteiger partial charge is 0.463 e. The summed E-state index contributed by atoms with van der Waals surface area (Å²) >= 11 is 0. The summed E-state index contributed by atoms with van der Waals surface area (Å²) in [5.41, 5.74) is 0.214. The first-order valence-electron chi connectivity index (χ1n) is 18.3. The molecule has 314 valence electrons. The fourth-order valence-corrected chi connectivity index (χ4v) is 6.25. The first kappa shape index (κ1) is 43.9. The Balaban J connectivity index is 1.61. The number of carbonyl (C=O) groups excluding carboxylic acids is 7. The van der Waals surface area contributed by atoms with Crippen LogP contribution in [-0.4, -0.2) is 122 Å². The van der Waals surface area contributed by atoms with Gasteiger partial charge in [-0.1, -0.05) is 54.6 Å². The second-order valence-electron chi connectivity index (χ2n) is 13.2. The molecule has 0 spiro atoms. The SMILES string of the molecule is CC(=O)OC[C@H]1O[C@@H](O[C@H]2[C@@H](OC(=O)c3ccccc3)[C@H](OC(=O)c3ccccc3)[C@@H](O)O[C@@H]2COC(=O)c2ccccc2)[C@H](OC(C)=O)[C@@H](OC(C)=O)[C@H]1OC(C)=O. The van der Waals surface area contributed by atoms with E-state index in [2.05, 4.69) is 0 Å². The Kier molecular flexibility index (Phi) is 15.2. The van der Waals surface area contributed by atoms with Gasteiger partial charge in [0.15, 0.2) is 43.1 Å². The van der Waals surface area contributed by atoms with Crippen LogP contribution in [0.25, 0.3) is 0 Å². The third-order valence-electron chi connectivity index (χ3n) is 8.74. The highest BCUT2D eigenvalue weighted by atomic mass is 16.8. The van der Waals surface area contributed by atoms with E-state index in [1.54, 1.807) is 54.6 Å². The van der Waals surface area contributed by atoms with Gasteiger partial charge >= 0.3 is 41.8 Å². The van der Waals surface area contributed by atoms with Crippen molar-refractivity contribution in [1.82, 2.24) is 0 Å². The van der Waals surface area contributed by atoms with Gasteiger partial charge < -0.3 is 52.5 Å². The van der Waals surface area contributed by atoms with Crippen molar-refractivity contribution in [3.05, 3.63) is 108 Å². The molecule has 59 heavy (non-hydrogen) atoms. The third-order valence-corrected chi connectivity index (χ3v) is 8.74. The third kappa shape index (κ3) is 11.9. The van der Waals surface area contributed by atoms with Crippen LogP contribution in [0.3, 0.4) is 0 Å². The van der Waals surface area contributed by atoms with Crippen LogP contribution in [0.4, 0.5) is 0 Å². The van der Waals surface area contributed by atoms with Gasteiger partial charge in [0, 0.05) is 27.7 Å². The fourth-order valence-electron chi connectivity index (χ4n) is 6.25. The summed E-state index contributed by atoms with van der Waals surface area (Å²) in [5, 5.41) is 11.4. The summed E-state index contributed by atoms with van der Waals surface area (Å²) < 4.78 is 57.4. The molecule has 2 fully saturated rings. The number of hydrogen-bond acceptors (Lipinski definition) is 18. The Morgan fingerprint density at radius 2 is 0.864 bits per heavy atom. The second-order valence-corrected chi connectivity index (χ2v) is 13.2. The van der Waals surface area contributed by atoms with Crippen LogP contribution in [0.15, 0.2) is 91.0 Å². The number of hydrogen-bond donors (Lipinski definition) is 1. The zero-order valence-electron chi connectivity index (χ0n) is 32.2. The average molecular weight is 823 g/mol. The van der Waals surface area contributed by atoms with Crippen molar-refractivity contribution in [2.45, 2.75) is 89.1 Å². The van der Waals surface area contributed by atoms with Gasteiger partial charge in [-0.2, -0.15) is 0 Å². The van der Waals surface area contributed by atoms with E-state index in [4.69, 9.17) is 47.4 Å². The van der Waals surface area contributed by atoms with E-state index in [9.17, 15) is 38.7 Å². The lowest BCUT2D eigenvalue weighted by molar-refractivity contribution is -0.355. The van der Waals surface area contributed by atoms with E-state index in [1.165, 1.54) is 36.4 Å². The number of benzene rings is 3. The number of esters is 7. The number of aliphatic hydroxyl groups is 1. The van der Waals surface area contributed by atoms with Gasteiger partial charge in [-0.3, -0.25) is 19.2 Å². The summed E-state index contributed by atoms with van der Waals surface area (Å²) in [4.78, 5) is 89.7. The normalized spacial score (nSPS) is 26.3. The minimum Gasteiger partial charge on any atom is -0.463 e. The molecule has 3 aromatic rings. The molecular weight excluding hydrogens is 780 g/mol. The van der Waals surface area contributed by atoms with Crippen molar-refractivity contribution in [1.29, 1.82) is 0 Å². The van der Waals surface area contributed by atoms with Crippen LogP contribution in [0, 0.1) is 0 Å². The van der Waals surface area contributed by atoms with E-state index in [0.717, 1.165) is 27.7 Å². The molecule has 1 N–H and O–H groups in total. The first-order valence-corrected chi connectivity index (χ1v) is 18.3. The highest BCUT2D eigenvalue weighted by molar-refractivity contribution is 5.91. The predicted molar refractivity (Wildman–Crippen MR) is 196 cm³/mol. The van der Waals surface area contributed by atoms with Crippen molar-refractivity contribution in [2.24, 2.45) is 0 Å². The van der Waals surface area contributed by atoms with Crippen LogP contribution >= 0.6 is 0 Å². The van der Waals surface area contributed by atoms with Crippen LogP contribution in [-0.2, 0) is 66.5 Å². The highest BCUT2D eigenvalue weighted by Gasteiger charge is 2.57. The van der Waals surface area contributed by atoms with Gasteiger partial charge in [0.05, 0.1) is 16.7 Å². The van der Waals surface area contributed by atoms with Gasteiger partial charge in [0.2, 0.25) is 0 Å². The molecule has 5 rings (SSSR count). The lowest BCUT2D eigenvalue weighted by atomic mass is 9.96. The van der Waals surface area contributed by atoms with Crippen LogP contribution in [0.5, 0.6) is 0 Å². The number of ether oxygens (including phenoxy) is 10. The molecule has 10 atom stereocenters. The lowest BCUT2D eigenvalue weighted by Gasteiger charge is -2.48. The molecule has 0 bridgehead atoms. The van der Waals surface area contributed by atoms with Crippen LogP contribution in [0.1, 0.15) is 58.8 Å². The van der Waals surface area contributed by atoms with E-state index < -0.39 is 116 Å². The van der Waals surface area contributed by atoms with Crippen LogP contribution in [0.2, 0.25) is 0 Å². The van der Waals surface area contributed by atoms with Crippen molar-refractivity contribution in [3.63, 3.8) is 0 Å². The van der Waals surface area contributed by atoms with Gasteiger partial charge in [-0.25, -0.2) is 14.4 Å². The maximum absolute atomic E-state index is 13.8. The summed E-state index contributed by atoms with van der Waals surface area (Å²) in [5.74, 6) is -6.31. The number of rotatable bonds is 14. The standard InChI is InChI=1S/C41H42O18/c1-22(42)50-20-30-31(52-23(2)43)34(53-24(3)44)36(54-25(4)45)41(56-30)59-32-29(21-51-37(46)26-14-8-5-9-15-26)55-40(49)35(58-39(48)28-18-12-7-13-19-28)33(32)57-38(47)27-16-10-6-11-17-27/h5-19,29-36,40-41,49H,20-21H2,1-4H3/t29-,30-,31+,32-,33-,34+,35+,36-,40+,41+/m1/s1. The van der Waals surface area contributed by atoms with Gasteiger partial charge in [0.25, 0.3) is 0 Å². The second kappa shape index (κ2) is 20.5. The molecule has 3 aromatic carbocycles.